The minimum absolute atomic E-state index is 0.435. The van der Waals surface area contributed by atoms with Crippen LogP contribution in [0.5, 0.6) is 0 Å². The molecule has 0 aliphatic carbocycles. The van der Waals surface area contributed by atoms with Gasteiger partial charge in [0, 0.05) is 38.8 Å². The average molecular weight is 212 g/mol. The Hall–Kier alpha value is -0.120. The van der Waals surface area contributed by atoms with Crippen molar-refractivity contribution in [1.82, 2.24) is 10.2 Å². The molecule has 2 saturated heterocycles. The molecule has 3 nitrogen and oxygen atoms in total. The molecule has 0 saturated carbocycles. The van der Waals surface area contributed by atoms with Crippen LogP contribution in [0.15, 0.2) is 0 Å². The van der Waals surface area contributed by atoms with Gasteiger partial charge in [0.1, 0.15) is 0 Å². The molecule has 88 valence electrons. The third-order valence-corrected chi connectivity index (χ3v) is 3.88. The maximum atomic E-state index is 5.37. The van der Waals surface area contributed by atoms with Gasteiger partial charge in [0.2, 0.25) is 0 Å². The average Bonchev–Trinajstić information content (AvgIpc) is 2.75. The number of hydrogen-bond donors (Lipinski definition) is 1. The molecule has 2 aliphatic rings. The lowest BCUT2D eigenvalue weighted by atomic mass is 10.1. The lowest BCUT2D eigenvalue weighted by Crippen LogP contribution is -2.39. The molecule has 3 heteroatoms. The normalized spacial score (nSPS) is 42.6. The van der Waals surface area contributed by atoms with Crippen molar-refractivity contribution < 1.29 is 4.74 Å². The van der Waals surface area contributed by atoms with Crippen molar-refractivity contribution in [2.24, 2.45) is 5.92 Å². The summed E-state index contributed by atoms with van der Waals surface area (Å²) in [6.07, 6.45) is 2.97. The standard InChI is InChI=1S/C12H24N2O/c1-9-4-10(2)14(7-9)8-11-5-12(15-3)6-13-11/h9-13H,4-8H2,1-3H3. The van der Waals surface area contributed by atoms with Crippen molar-refractivity contribution in [3.8, 4) is 0 Å². The molecule has 2 rings (SSSR count). The largest absolute Gasteiger partial charge is 0.380 e. The van der Waals surface area contributed by atoms with Gasteiger partial charge in [-0.1, -0.05) is 6.92 Å². The van der Waals surface area contributed by atoms with Gasteiger partial charge >= 0.3 is 0 Å². The highest BCUT2D eigenvalue weighted by Crippen LogP contribution is 2.23. The fourth-order valence-electron chi connectivity index (χ4n) is 3.02. The van der Waals surface area contributed by atoms with Crippen LogP contribution < -0.4 is 5.32 Å². The number of nitrogens with one attached hydrogen (secondary N) is 1. The first-order valence-corrected chi connectivity index (χ1v) is 6.19. The number of nitrogens with zero attached hydrogens (tertiary/aromatic N) is 1. The summed E-state index contributed by atoms with van der Waals surface area (Å²) in [6.45, 7) is 8.21. The molecule has 2 fully saturated rings. The van der Waals surface area contributed by atoms with Crippen LogP contribution in [-0.4, -0.2) is 49.8 Å². The monoisotopic (exact) mass is 212 g/mol. The second kappa shape index (κ2) is 4.81. The van der Waals surface area contributed by atoms with Gasteiger partial charge in [-0.25, -0.2) is 0 Å². The second-order valence-corrected chi connectivity index (χ2v) is 5.34. The van der Waals surface area contributed by atoms with Gasteiger partial charge in [0.05, 0.1) is 6.10 Å². The summed E-state index contributed by atoms with van der Waals surface area (Å²) in [6, 6.07) is 1.41. The van der Waals surface area contributed by atoms with E-state index in [2.05, 4.69) is 24.1 Å². The molecule has 1 N–H and O–H groups in total. The first-order chi connectivity index (χ1) is 7.19. The first kappa shape index (κ1) is 11.4. The SMILES string of the molecule is COC1CNC(CN2CC(C)CC2C)C1. The number of methoxy groups -OCH3 is 1. The van der Waals surface area contributed by atoms with Crippen molar-refractivity contribution in [2.75, 3.05) is 26.7 Å². The smallest absolute Gasteiger partial charge is 0.0711 e. The lowest BCUT2D eigenvalue weighted by Gasteiger charge is -2.24. The van der Waals surface area contributed by atoms with Gasteiger partial charge in [0.15, 0.2) is 0 Å². The van der Waals surface area contributed by atoms with Crippen LogP contribution in [0.4, 0.5) is 0 Å². The Kier molecular flexibility index (Phi) is 3.65. The van der Waals surface area contributed by atoms with E-state index in [0.717, 1.165) is 18.5 Å². The molecule has 2 heterocycles. The lowest BCUT2D eigenvalue weighted by molar-refractivity contribution is 0.115. The Morgan fingerprint density at radius 3 is 2.67 bits per heavy atom. The van der Waals surface area contributed by atoms with Gasteiger partial charge in [-0.15, -0.1) is 0 Å². The van der Waals surface area contributed by atoms with Crippen LogP contribution in [0.1, 0.15) is 26.7 Å². The maximum absolute atomic E-state index is 5.37. The minimum atomic E-state index is 0.435. The van der Waals surface area contributed by atoms with E-state index in [1.807, 2.05) is 7.11 Å². The molecule has 0 spiro atoms. The number of rotatable bonds is 3. The minimum Gasteiger partial charge on any atom is -0.380 e. The molecule has 0 bridgehead atoms. The molecule has 4 atom stereocenters. The van der Waals surface area contributed by atoms with Gasteiger partial charge in [0.25, 0.3) is 0 Å². The van der Waals surface area contributed by atoms with Crippen LogP contribution in [0.25, 0.3) is 0 Å². The summed E-state index contributed by atoms with van der Waals surface area (Å²) >= 11 is 0. The topological polar surface area (TPSA) is 24.5 Å². The molecule has 15 heavy (non-hydrogen) atoms. The van der Waals surface area contributed by atoms with Crippen molar-refractivity contribution in [3.63, 3.8) is 0 Å². The highest BCUT2D eigenvalue weighted by molar-refractivity contribution is 4.88. The van der Waals surface area contributed by atoms with Gasteiger partial charge in [-0.3, -0.25) is 4.90 Å². The Bertz CT molecular complexity index is 210. The van der Waals surface area contributed by atoms with Crippen molar-refractivity contribution in [3.05, 3.63) is 0 Å². The molecular weight excluding hydrogens is 188 g/mol. The van der Waals surface area contributed by atoms with E-state index in [4.69, 9.17) is 4.74 Å². The van der Waals surface area contributed by atoms with Crippen LogP contribution in [0, 0.1) is 5.92 Å². The number of likely N-dealkylation sites (tertiary alicyclic amines) is 1. The third kappa shape index (κ3) is 2.71. The third-order valence-electron chi connectivity index (χ3n) is 3.88. The van der Waals surface area contributed by atoms with Crippen molar-refractivity contribution in [2.45, 2.75) is 44.9 Å². The van der Waals surface area contributed by atoms with Crippen LogP contribution in [0.2, 0.25) is 0 Å². The molecule has 2 aliphatic heterocycles. The van der Waals surface area contributed by atoms with E-state index in [1.165, 1.54) is 25.9 Å². The van der Waals surface area contributed by atoms with E-state index < -0.39 is 0 Å². The van der Waals surface area contributed by atoms with Gasteiger partial charge in [-0.2, -0.15) is 0 Å². The summed E-state index contributed by atoms with van der Waals surface area (Å²) in [4.78, 5) is 2.63. The quantitative estimate of drug-likeness (QED) is 0.758. The Morgan fingerprint density at radius 1 is 1.33 bits per heavy atom. The Labute approximate surface area is 93.2 Å². The molecule has 0 aromatic rings. The summed E-state index contributed by atoms with van der Waals surface area (Å²) in [7, 11) is 1.81. The highest BCUT2D eigenvalue weighted by Gasteiger charge is 2.31. The van der Waals surface area contributed by atoms with E-state index >= 15 is 0 Å². The number of hydrogen-bond acceptors (Lipinski definition) is 3. The predicted molar refractivity (Wildman–Crippen MR) is 62.0 cm³/mol. The highest BCUT2D eigenvalue weighted by atomic mass is 16.5. The molecular formula is C12H24N2O. The van der Waals surface area contributed by atoms with E-state index in [9.17, 15) is 0 Å². The van der Waals surface area contributed by atoms with Gasteiger partial charge in [-0.05, 0) is 25.7 Å². The molecule has 0 amide bonds. The molecule has 0 radical (unpaired) electrons. The Morgan fingerprint density at radius 2 is 2.13 bits per heavy atom. The second-order valence-electron chi connectivity index (χ2n) is 5.34. The fourth-order valence-corrected chi connectivity index (χ4v) is 3.02. The summed E-state index contributed by atoms with van der Waals surface area (Å²) < 4.78 is 5.37. The summed E-state index contributed by atoms with van der Waals surface area (Å²) in [5, 5.41) is 3.55. The van der Waals surface area contributed by atoms with Crippen molar-refractivity contribution in [1.29, 1.82) is 0 Å². The molecule has 0 aromatic carbocycles. The molecule has 0 aromatic heterocycles. The van der Waals surface area contributed by atoms with E-state index in [1.54, 1.807) is 0 Å². The van der Waals surface area contributed by atoms with Crippen LogP contribution in [-0.2, 0) is 4.74 Å². The summed E-state index contributed by atoms with van der Waals surface area (Å²) in [5.74, 6) is 0.875. The van der Waals surface area contributed by atoms with Crippen LogP contribution >= 0.6 is 0 Å². The number of ether oxygens (including phenoxy) is 1. The van der Waals surface area contributed by atoms with E-state index in [0.29, 0.717) is 12.1 Å². The first-order valence-electron chi connectivity index (χ1n) is 6.19. The fraction of sp³-hybridized carbons (Fsp3) is 1.00. The zero-order valence-electron chi connectivity index (χ0n) is 10.2. The Balaban J connectivity index is 1.78. The van der Waals surface area contributed by atoms with Crippen LogP contribution in [0.3, 0.4) is 0 Å². The maximum Gasteiger partial charge on any atom is 0.0711 e. The summed E-state index contributed by atoms with van der Waals surface area (Å²) in [5.41, 5.74) is 0. The zero-order chi connectivity index (χ0) is 10.8. The zero-order valence-corrected chi connectivity index (χ0v) is 10.2. The van der Waals surface area contributed by atoms with Crippen molar-refractivity contribution >= 4 is 0 Å². The van der Waals surface area contributed by atoms with Gasteiger partial charge < -0.3 is 10.1 Å². The predicted octanol–water partition coefficient (Wildman–Crippen LogP) is 1.09. The van der Waals surface area contributed by atoms with E-state index in [-0.39, 0.29) is 0 Å². The molecule has 4 unspecified atom stereocenters.